The van der Waals surface area contributed by atoms with Gasteiger partial charge in [-0.05, 0) is 30.7 Å². The molecule has 0 spiro atoms. The van der Waals surface area contributed by atoms with Crippen molar-refractivity contribution in [2.75, 3.05) is 12.8 Å². The second kappa shape index (κ2) is 7.39. The van der Waals surface area contributed by atoms with Gasteiger partial charge < -0.3 is 10.3 Å². The molecule has 3 nitrogen and oxygen atoms in total. The van der Waals surface area contributed by atoms with Gasteiger partial charge in [-0.15, -0.1) is 0 Å². The van der Waals surface area contributed by atoms with Crippen LogP contribution in [0.2, 0.25) is 0 Å². The number of fused-ring (bicyclic) bond motifs is 1. The van der Waals surface area contributed by atoms with Gasteiger partial charge in [0.15, 0.2) is 0 Å². The van der Waals surface area contributed by atoms with E-state index >= 15 is 0 Å². The number of aryl methyl sites for hydroxylation is 1. The first-order valence-corrected chi connectivity index (χ1v) is 8.34. The molecule has 0 saturated heterocycles. The molecule has 1 unspecified atom stereocenters. The Bertz CT molecular complexity index is 564. The van der Waals surface area contributed by atoms with Crippen LogP contribution in [0.15, 0.2) is 30.5 Å². The number of benzene rings is 1. The highest BCUT2D eigenvalue weighted by atomic mass is 32.2. The quantitative estimate of drug-likeness (QED) is 0.821. The molecular formula is C16H22N2OS. The molecule has 1 aromatic carbocycles. The second-order valence-electron chi connectivity index (χ2n) is 5.06. The highest BCUT2D eigenvalue weighted by Gasteiger charge is 2.06. The van der Waals surface area contributed by atoms with Crippen molar-refractivity contribution >= 4 is 28.6 Å². The molecule has 0 aliphatic rings. The van der Waals surface area contributed by atoms with Crippen LogP contribution in [0.25, 0.3) is 10.9 Å². The van der Waals surface area contributed by atoms with E-state index in [9.17, 15) is 4.79 Å². The summed E-state index contributed by atoms with van der Waals surface area (Å²) in [6.07, 6.45) is 6.55. The molecule has 0 saturated carbocycles. The van der Waals surface area contributed by atoms with Crippen LogP contribution in [-0.2, 0) is 11.2 Å². The number of aromatic nitrogens is 1. The van der Waals surface area contributed by atoms with E-state index in [0.717, 1.165) is 19.4 Å². The third kappa shape index (κ3) is 4.04. The zero-order valence-electron chi connectivity index (χ0n) is 12.1. The zero-order valence-corrected chi connectivity index (χ0v) is 12.9. The third-order valence-corrected chi connectivity index (χ3v) is 4.49. The zero-order chi connectivity index (χ0) is 14.4. The van der Waals surface area contributed by atoms with E-state index in [4.69, 9.17) is 0 Å². The summed E-state index contributed by atoms with van der Waals surface area (Å²) in [5, 5.41) is 4.73. The Morgan fingerprint density at radius 2 is 2.20 bits per heavy atom. The largest absolute Gasteiger partial charge is 0.361 e. The number of hydrogen-bond acceptors (Lipinski definition) is 2. The van der Waals surface area contributed by atoms with Crippen LogP contribution in [0.4, 0.5) is 0 Å². The van der Waals surface area contributed by atoms with Crippen LogP contribution in [-0.4, -0.2) is 28.9 Å². The minimum absolute atomic E-state index is 0.158. The van der Waals surface area contributed by atoms with Gasteiger partial charge in [-0.2, -0.15) is 11.8 Å². The third-order valence-electron chi connectivity index (χ3n) is 3.51. The summed E-state index contributed by atoms with van der Waals surface area (Å²) in [6.45, 7) is 2.88. The number of hydrogen-bond donors (Lipinski definition) is 2. The fourth-order valence-corrected chi connectivity index (χ4v) is 2.46. The molecule has 0 aliphatic carbocycles. The number of para-hydroxylation sites is 1. The molecule has 1 amide bonds. The van der Waals surface area contributed by atoms with Crippen LogP contribution >= 0.6 is 11.8 Å². The Balaban J connectivity index is 1.77. The van der Waals surface area contributed by atoms with Crippen molar-refractivity contribution in [1.29, 1.82) is 0 Å². The molecule has 108 valence electrons. The molecule has 4 heteroatoms. The van der Waals surface area contributed by atoms with E-state index in [-0.39, 0.29) is 5.91 Å². The summed E-state index contributed by atoms with van der Waals surface area (Å²) >= 11 is 1.77. The minimum Gasteiger partial charge on any atom is -0.361 e. The van der Waals surface area contributed by atoms with Crippen LogP contribution < -0.4 is 5.32 Å². The van der Waals surface area contributed by atoms with E-state index in [1.807, 2.05) is 6.07 Å². The van der Waals surface area contributed by atoms with Gasteiger partial charge in [-0.25, -0.2) is 0 Å². The number of H-pyrrole nitrogens is 1. The minimum atomic E-state index is 0.158. The maximum atomic E-state index is 11.7. The van der Waals surface area contributed by atoms with Gasteiger partial charge in [0, 0.05) is 35.3 Å². The molecule has 20 heavy (non-hydrogen) atoms. The summed E-state index contributed by atoms with van der Waals surface area (Å²) < 4.78 is 0. The summed E-state index contributed by atoms with van der Waals surface area (Å²) in [6, 6.07) is 8.29. The number of carbonyl (C=O) groups excluding carboxylic acids is 1. The lowest BCUT2D eigenvalue weighted by atomic mass is 10.1. The maximum Gasteiger partial charge on any atom is 0.220 e. The fraction of sp³-hybridized carbons (Fsp3) is 0.438. The van der Waals surface area contributed by atoms with Gasteiger partial charge >= 0.3 is 0 Å². The van der Waals surface area contributed by atoms with Crippen LogP contribution in [0.3, 0.4) is 0 Å². The molecule has 0 radical (unpaired) electrons. The van der Waals surface area contributed by atoms with Crippen molar-refractivity contribution in [2.45, 2.75) is 31.4 Å². The normalized spacial score (nSPS) is 12.5. The molecular weight excluding hydrogens is 268 g/mol. The summed E-state index contributed by atoms with van der Waals surface area (Å²) in [5.41, 5.74) is 2.46. The van der Waals surface area contributed by atoms with Crippen molar-refractivity contribution in [1.82, 2.24) is 10.3 Å². The van der Waals surface area contributed by atoms with Crippen molar-refractivity contribution < 1.29 is 4.79 Å². The highest BCUT2D eigenvalue weighted by Crippen LogP contribution is 2.19. The van der Waals surface area contributed by atoms with E-state index in [0.29, 0.717) is 11.7 Å². The van der Waals surface area contributed by atoms with Gasteiger partial charge in [0.1, 0.15) is 0 Å². The Kier molecular flexibility index (Phi) is 5.53. The fourth-order valence-electron chi connectivity index (χ4n) is 2.21. The predicted molar refractivity (Wildman–Crippen MR) is 87.2 cm³/mol. The molecule has 0 bridgehead atoms. The Hall–Kier alpha value is -1.42. The average molecular weight is 290 g/mol. The van der Waals surface area contributed by atoms with Crippen molar-refractivity contribution in [3.63, 3.8) is 0 Å². The van der Waals surface area contributed by atoms with Crippen LogP contribution in [0.5, 0.6) is 0 Å². The maximum absolute atomic E-state index is 11.7. The molecule has 0 fully saturated rings. The molecule has 2 N–H and O–H groups in total. The number of nitrogens with one attached hydrogen (secondary N) is 2. The van der Waals surface area contributed by atoms with Crippen molar-refractivity contribution in [3.8, 4) is 0 Å². The smallest absolute Gasteiger partial charge is 0.220 e. The van der Waals surface area contributed by atoms with Gasteiger partial charge in [-0.3, -0.25) is 4.79 Å². The number of amides is 1. The number of thioether (sulfide) groups is 1. The number of carbonyl (C=O) groups is 1. The summed E-state index contributed by atoms with van der Waals surface area (Å²) in [4.78, 5) is 15.0. The SMILES string of the molecule is CSC(C)CNC(=O)CCCc1c[nH]c2ccccc12. The molecule has 2 aromatic rings. The molecule has 1 aromatic heterocycles. The number of rotatable bonds is 7. The molecule has 1 heterocycles. The first-order chi connectivity index (χ1) is 9.70. The Morgan fingerprint density at radius 3 is 3.00 bits per heavy atom. The van der Waals surface area contributed by atoms with Crippen LogP contribution in [0, 0.1) is 0 Å². The second-order valence-corrected chi connectivity index (χ2v) is 6.34. The lowest BCUT2D eigenvalue weighted by molar-refractivity contribution is -0.121. The monoisotopic (exact) mass is 290 g/mol. The Morgan fingerprint density at radius 1 is 1.40 bits per heavy atom. The number of aromatic amines is 1. The molecule has 2 rings (SSSR count). The van der Waals surface area contributed by atoms with Gasteiger partial charge in [0.25, 0.3) is 0 Å². The van der Waals surface area contributed by atoms with Gasteiger partial charge in [-0.1, -0.05) is 25.1 Å². The van der Waals surface area contributed by atoms with Gasteiger partial charge in [0.05, 0.1) is 0 Å². The van der Waals surface area contributed by atoms with Crippen molar-refractivity contribution in [3.05, 3.63) is 36.0 Å². The lowest BCUT2D eigenvalue weighted by Crippen LogP contribution is -2.29. The lowest BCUT2D eigenvalue weighted by Gasteiger charge is -2.09. The molecule has 0 aliphatic heterocycles. The van der Waals surface area contributed by atoms with E-state index in [2.05, 4.69) is 47.9 Å². The first kappa shape index (κ1) is 15.0. The molecule has 1 atom stereocenters. The van der Waals surface area contributed by atoms with Crippen molar-refractivity contribution in [2.24, 2.45) is 0 Å². The summed E-state index contributed by atoms with van der Waals surface area (Å²) in [7, 11) is 0. The first-order valence-electron chi connectivity index (χ1n) is 7.05. The topological polar surface area (TPSA) is 44.9 Å². The Labute approximate surface area is 124 Å². The van der Waals surface area contributed by atoms with Gasteiger partial charge in [0.2, 0.25) is 5.91 Å². The van der Waals surface area contributed by atoms with Crippen LogP contribution in [0.1, 0.15) is 25.3 Å². The standard InChI is InChI=1S/C16H22N2OS/c1-12(20-2)10-18-16(19)9-5-6-13-11-17-15-8-4-3-7-14(13)15/h3-4,7-8,11-12,17H,5-6,9-10H2,1-2H3,(H,18,19). The van der Waals surface area contributed by atoms with E-state index in [1.165, 1.54) is 16.5 Å². The predicted octanol–water partition coefficient (Wildman–Crippen LogP) is 3.36. The van der Waals surface area contributed by atoms with E-state index in [1.54, 1.807) is 11.8 Å². The highest BCUT2D eigenvalue weighted by molar-refractivity contribution is 7.99. The summed E-state index contributed by atoms with van der Waals surface area (Å²) in [5.74, 6) is 0.158. The van der Waals surface area contributed by atoms with E-state index < -0.39 is 0 Å². The average Bonchev–Trinajstić information content (AvgIpc) is 2.88.